The summed E-state index contributed by atoms with van der Waals surface area (Å²) in [7, 11) is 0. The van der Waals surface area contributed by atoms with E-state index in [1.54, 1.807) is 0 Å². The molecule has 1 atom stereocenters. The molecule has 0 bridgehead atoms. The van der Waals surface area contributed by atoms with Gasteiger partial charge in [-0.25, -0.2) is 13.2 Å². The van der Waals surface area contributed by atoms with Gasteiger partial charge in [-0.05, 0) is 0 Å². The first-order chi connectivity index (χ1) is 10.4. The molecule has 5 nitrogen and oxygen atoms in total. The number of anilines is 1. The minimum atomic E-state index is -2.12. The van der Waals surface area contributed by atoms with Crippen LogP contribution in [0.15, 0.2) is 11.3 Å². The normalized spacial score (nSPS) is 16.2. The Bertz CT molecular complexity index is 892. The van der Waals surface area contributed by atoms with Crippen molar-refractivity contribution in [2.45, 2.75) is 5.92 Å². The zero-order valence-electron chi connectivity index (χ0n) is 10.3. The van der Waals surface area contributed by atoms with Crippen molar-refractivity contribution < 1.29 is 17.7 Å². The van der Waals surface area contributed by atoms with Gasteiger partial charge in [-0.1, -0.05) is 4.48 Å². The third-order valence-corrected chi connectivity index (χ3v) is 3.03. The largest absolute Gasteiger partial charge is 0.202 e. The number of nitriles is 4. The lowest BCUT2D eigenvalue weighted by Crippen LogP contribution is -2.26. The number of fused-ring (bicyclic) bond motifs is 1. The molecular formula is C13HF4N5. The second-order valence-electron chi connectivity index (χ2n) is 4.02. The van der Waals surface area contributed by atoms with E-state index in [4.69, 9.17) is 21.0 Å². The van der Waals surface area contributed by atoms with Crippen molar-refractivity contribution in [3.05, 3.63) is 39.8 Å². The Morgan fingerprint density at radius 1 is 0.864 bits per heavy atom. The van der Waals surface area contributed by atoms with Gasteiger partial charge in [-0.2, -0.15) is 26.2 Å². The molecule has 1 aliphatic heterocycles. The standard InChI is InChI=1S/C13HF4N5/c14-10-7(3-20)9-6(2-19)5(1-18)8(4-21)22(17)13(9)12(16)11(10)15/h6H. The van der Waals surface area contributed by atoms with E-state index in [0.717, 1.165) is 0 Å². The lowest BCUT2D eigenvalue weighted by molar-refractivity contribution is 0.419. The summed E-state index contributed by atoms with van der Waals surface area (Å²) in [4.78, 5) is 0. The van der Waals surface area contributed by atoms with E-state index in [9.17, 15) is 17.7 Å². The number of halogens is 4. The second kappa shape index (κ2) is 5.09. The molecule has 1 unspecified atom stereocenters. The molecule has 0 aliphatic carbocycles. The highest BCUT2D eigenvalue weighted by molar-refractivity contribution is 5.74. The van der Waals surface area contributed by atoms with E-state index in [2.05, 4.69) is 0 Å². The zero-order valence-corrected chi connectivity index (χ0v) is 10.3. The van der Waals surface area contributed by atoms with E-state index in [0.29, 0.717) is 0 Å². The molecule has 0 N–H and O–H groups in total. The van der Waals surface area contributed by atoms with Gasteiger partial charge in [0.05, 0.1) is 23.3 Å². The Morgan fingerprint density at radius 3 is 1.95 bits per heavy atom. The number of rotatable bonds is 0. The van der Waals surface area contributed by atoms with Gasteiger partial charge in [0.1, 0.15) is 23.7 Å². The van der Waals surface area contributed by atoms with Crippen LogP contribution >= 0.6 is 0 Å². The van der Waals surface area contributed by atoms with Gasteiger partial charge in [0.25, 0.3) is 0 Å². The first kappa shape index (κ1) is 14.8. The molecule has 1 heterocycles. The summed E-state index contributed by atoms with van der Waals surface area (Å²) in [5, 5.41) is 35.1. The third kappa shape index (κ3) is 1.67. The number of allylic oxidation sites excluding steroid dienone is 2. The Kier molecular flexibility index (Phi) is 3.43. The van der Waals surface area contributed by atoms with Crippen LogP contribution in [0.1, 0.15) is 17.0 Å². The van der Waals surface area contributed by atoms with Gasteiger partial charge in [-0.15, -0.1) is 0 Å². The predicted octanol–water partition coefficient (Wildman–Crippen LogP) is 2.59. The Labute approximate surface area is 120 Å². The van der Waals surface area contributed by atoms with Crippen molar-refractivity contribution in [1.82, 2.24) is 0 Å². The van der Waals surface area contributed by atoms with Gasteiger partial charge >= 0.3 is 0 Å². The molecule has 0 fully saturated rings. The highest BCUT2D eigenvalue weighted by Crippen LogP contribution is 2.45. The van der Waals surface area contributed by atoms with Crippen LogP contribution in [-0.2, 0) is 0 Å². The number of nitrogens with zero attached hydrogens (tertiary/aromatic N) is 5. The summed E-state index contributed by atoms with van der Waals surface area (Å²) in [5.41, 5.74) is -4.97. The average molecular weight is 303 g/mol. The molecule has 0 radical (unpaired) electrons. The van der Waals surface area contributed by atoms with Crippen molar-refractivity contribution in [3.63, 3.8) is 0 Å². The number of hydrogen-bond acceptors (Lipinski definition) is 5. The van der Waals surface area contributed by atoms with Crippen LogP contribution in [-0.4, -0.2) is 0 Å². The molecule has 1 aromatic carbocycles. The van der Waals surface area contributed by atoms with Crippen LogP contribution in [0.3, 0.4) is 0 Å². The van der Waals surface area contributed by atoms with Gasteiger partial charge in [-0.3, -0.25) is 0 Å². The summed E-state index contributed by atoms with van der Waals surface area (Å²) >= 11 is 0. The zero-order chi connectivity index (χ0) is 16.6. The van der Waals surface area contributed by atoms with E-state index < -0.39 is 56.6 Å². The smallest absolute Gasteiger partial charge is 0.198 e. The Balaban J connectivity index is 3.05. The Hall–Kier alpha value is -3.56. The van der Waals surface area contributed by atoms with Crippen LogP contribution in [0.2, 0.25) is 0 Å². The van der Waals surface area contributed by atoms with Crippen molar-refractivity contribution in [2.24, 2.45) is 0 Å². The highest BCUT2D eigenvalue weighted by atomic mass is 19.2. The maximum Gasteiger partial charge on any atom is 0.198 e. The van der Waals surface area contributed by atoms with Crippen molar-refractivity contribution >= 4 is 5.69 Å². The third-order valence-electron chi connectivity index (χ3n) is 3.03. The molecule has 0 saturated carbocycles. The molecule has 0 amide bonds. The van der Waals surface area contributed by atoms with Crippen molar-refractivity contribution in [1.29, 1.82) is 21.0 Å². The van der Waals surface area contributed by atoms with Crippen molar-refractivity contribution in [3.8, 4) is 24.3 Å². The second-order valence-corrected chi connectivity index (χ2v) is 4.02. The van der Waals surface area contributed by atoms with E-state index in [-0.39, 0.29) is 0 Å². The van der Waals surface area contributed by atoms with Crippen LogP contribution in [0.4, 0.5) is 23.3 Å². The fraction of sp³-hybridized carbons (Fsp3) is 0.0769. The highest BCUT2D eigenvalue weighted by Gasteiger charge is 2.41. The summed E-state index contributed by atoms with van der Waals surface area (Å²) in [6, 6.07) is 5.31. The molecule has 106 valence electrons. The fourth-order valence-electron chi connectivity index (χ4n) is 2.10. The quantitative estimate of drug-likeness (QED) is 0.417. The molecule has 1 aliphatic rings. The van der Waals surface area contributed by atoms with Gasteiger partial charge < -0.3 is 0 Å². The molecule has 9 heteroatoms. The molecule has 0 saturated heterocycles. The molecule has 22 heavy (non-hydrogen) atoms. The monoisotopic (exact) mass is 303 g/mol. The van der Waals surface area contributed by atoms with E-state index >= 15 is 0 Å². The lowest BCUT2D eigenvalue weighted by atomic mass is 9.84. The lowest BCUT2D eigenvalue weighted by Gasteiger charge is -2.27. The predicted molar refractivity (Wildman–Crippen MR) is 61.2 cm³/mol. The average Bonchev–Trinajstić information content (AvgIpc) is 2.52. The van der Waals surface area contributed by atoms with Crippen molar-refractivity contribution in [2.75, 3.05) is 5.12 Å². The van der Waals surface area contributed by atoms with Crippen LogP contribution < -0.4 is 5.12 Å². The fourth-order valence-corrected chi connectivity index (χ4v) is 2.10. The summed E-state index contributed by atoms with van der Waals surface area (Å²) in [5.74, 6) is -7.79. The molecule has 0 aromatic heterocycles. The maximum atomic E-state index is 14.1. The first-order valence-electron chi connectivity index (χ1n) is 5.44. The van der Waals surface area contributed by atoms with Crippen LogP contribution in [0.5, 0.6) is 0 Å². The SMILES string of the molecule is N#CC1=C(C#N)N(F)c2c(F)c(F)c(F)c(C#N)c2C1C#N. The maximum absolute atomic E-state index is 14.1. The number of hydrogen-bond donors (Lipinski definition) is 0. The van der Waals surface area contributed by atoms with Gasteiger partial charge in [0, 0.05) is 5.56 Å². The number of benzene rings is 1. The molecule has 2 rings (SSSR count). The molecule has 1 aromatic rings. The van der Waals surface area contributed by atoms with Gasteiger partial charge in [0.2, 0.25) is 0 Å². The summed E-state index contributed by atoms with van der Waals surface area (Å²) in [6.45, 7) is 0. The van der Waals surface area contributed by atoms with E-state index in [1.165, 1.54) is 24.3 Å². The Morgan fingerprint density at radius 2 is 1.50 bits per heavy atom. The minimum Gasteiger partial charge on any atom is -0.202 e. The topological polar surface area (TPSA) is 98.4 Å². The first-order valence-corrected chi connectivity index (χ1v) is 5.44. The molecular weight excluding hydrogens is 302 g/mol. The van der Waals surface area contributed by atoms with Crippen LogP contribution in [0, 0.1) is 62.8 Å². The van der Waals surface area contributed by atoms with Gasteiger partial charge in [0.15, 0.2) is 23.1 Å². The minimum absolute atomic E-state index is 0.666. The van der Waals surface area contributed by atoms with E-state index in [1.807, 2.05) is 0 Å². The van der Waals surface area contributed by atoms with Crippen LogP contribution in [0.25, 0.3) is 0 Å². The summed E-state index contributed by atoms with van der Waals surface area (Å²) < 4.78 is 55.0. The molecule has 0 spiro atoms. The summed E-state index contributed by atoms with van der Waals surface area (Å²) in [6.07, 6.45) is 0.